The summed E-state index contributed by atoms with van der Waals surface area (Å²) < 4.78 is 5.85. The van der Waals surface area contributed by atoms with Crippen molar-refractivity contribution >= 4 is 23.6 Å². The number of hydrogen-bond acceptors (Lipinski definition) is 5. The number of aliphatic hydroxyl groups excluding tert-OH is 1. The molecule has 0 bridgehead atoms. The zero-order chi connectivity index (χ0) is 25.9. The van der Waals surface area contributed by atoms with Crippen LogP contribution in [0.5, 0.6) is 0 Å². The molecule has 3 N–H and O–H groups in total. The van der Waals surface area contributed by atoms with Crippen LogP contribution < -0.4 is 5.32 Å². The standard InChI is InChI=1S/C29H39NO5S/c1-20-8-6-7-11-24(20)26-17-22(18-35-19-23(31)16-21-9-4-3-5-10-21)12-13-25(26)28(32)30-27(29(33)34)14-15-36-2/h6-8,11-13,17,21,23,27,31H,3-5,9-10,14-16,18-19H2,1-2H3,(H,30,32)(H,33,34). The quantitative estimate of drug-likeness (QED) is 0.330. The predicted molar refractivity (Wildman–Crippen MR) is 145 cm³/mol. The molecule has 0 radical (unpaired) electrons. The van der Waals surface area contributed by atoms with E-state index in [1.165, 1.54) is 32.1 Å². The van der Waals surface area contributed by atoms with Crippen LogP contribution in [0.25, 0.3) is 11.1 Å². The largest absolute Gasteiger partial charge is 0.480 e. The Labute approximate surface area is 218 Å². The fourth-order valence-corrected chi connectivity index (χ4v) is 5.37. The zero-order valence-corrected chi connectivity index (χ0v) is 22.2. The second-order valence-electron chi connectivity index (χ2n) is 9.75. The van der Waals surface area contributed by atoms with E-state index in [9.17, 15) is 19.8 Å². The minimum atomic E-state index is -1.04. The van der Waals surface area contributed by atoms with Crippen molar-refractivity contribution in [3.05, 3.63) is 59.2 Å². The monoisotopic (exact) mass is 513 g/mol. The first kappa shape index (κ1) is 28.2. The van der Waals surface area contributed by atoms with Crippen LogP contribution in [-0.4, -0.2) is 52.9 Å². The summed E-state index contributed by atoms with van der Waals surface area (Å²) in [5, 5.41) is 22.7. The number of amides is 1. The van der Waals surface area contributed by atoms with Crippen molar-refractivity contribution in [2.45, 2.75) is 70.6 Å². The van der Waals surface area contributed by atoms with Gasteiger partial charge in [0.05, 0.1) is 19.3 Å². The highest BCUT2D eigenvalue weighted by molar-refractivity contribution is 7.98. The molecule has 1 saturated carbocycles. The molecule has 2 aromatic rings. The summed E-state index contributed by atoms with van der Waals surface area (Å²) >= 11 is 1.55. The van der Waals surface area contributed by atoms with Gasteiger partial charge in [-0.1, -0.05) is 62.4 Å². The van der Waals surface area contributed by atoms with E-state index in [-0.39, 0.29) is 6.61 Å². The lowest BCUT2D eigenvalue weighted by Gasteiger charge is -2.24. The van der Waals surface area contributed by atoms with Gasteiger partial charge in [0.2, 0.25) is 0 Å². The summed E-state index contributed by atoms with van der Waals surface area (Å²) in [7, 11) is 0. The summed E-state index contributed by atoms with van der Waals surface area (Å²) in [4.78, 5) is 24.9. The van der Waals surface area contributed by atoms with Gasteiger partial charge < -0.3 is 20.3 Å². The lowest BCUT2D eigenvalue weighted by atomic mass is 9.85. The van der Waals surface area contributed by atoms with Gasteiger partial charge in [-0.15, -0.1) is 0 Å². The van der Waals surface area contributed by atoms with E-state index < -0.39 is 24.0 Å². The first-order valence-corrected chi connectivity index (χ1v) is 14.3. The minimum absolute atomic E-state index is 0.286. The molecule has 2 unspecified atom stereocenters. The maximum Gasteiger partial charge on any atom is 0.326 e. The maximum absolute atomic E-state index is 13.2. The fourth-order valence-electron chi connectivity index (χ4n) is 4.89. The zero-order valence-electron chi connectivity index (χ0n) is 21.4. The summed E-state index contributed by atoms with van der Waals surface area (Å²) in [6.45, 7) is 2.60. The molecule has 2 atom stereocenters. The number of carbonyl (C=O) groups is 2. The van der Waals surface area contributed by atoms with Crippen molar-refractivity contribution in [2.75, 3.05) is 18.6 Å². The SMILES string of the molecule is CSCCC(NC(=O)c1ccc(COCC(O)CC2CCCCC2)cc1-c1ccccc1C)C(=O)O. The molecule has 3 rings (SSSR count). The number of nitrogens with one attached hydrogen (secondary N) is 1. The molecule has 1 aliphatic carbocycles. The Morgan fingerprint density at radius 3 is 2.56 bits per heavy atom. The van der Waals surface area contributed by atoms with Crippen molar-refractivity contribution in [3.8, 4) is 11.1 Å². The first-order chi connectivity index (χ1) is 17.4. The van der Waals surface area contributed by atoms with Crippen molar-refractivity contribution in [1.29, 1.82) is 0 Å². The van der Waals surface area contributed by atoms with E-state index in [0.29, 0.717) is 30.3 Å². The summed E-state index contributed by atoms with van der Waals surface area (Å²) in [6, 6.07) is 12.4. The Morgan fingerprint density at radius 1 is 1.11 bits per heavy atom. The van der Waals surface area contributed by atoms with Crippen LogP contribution in [0, 0.1) is 12.8 Å². The highest BCUT2D eigenvalue weighted by Gasteiger charge is 2.23. The normalized spacial score (nSPS) is 15.9. The van der Waals surface area contributed by atoms with Gasteiger partial charge in [-0.25, -0.2) is 4.79 Å². The molecule has 0 saturated heterocycles. The maximum atomic E-state index is 13.2. The van der Waals surface area contributed by atoms with E-state index >= 15 is 0 Å². The van der Waals surface area contributed by atoms with Gasteiger partial charge in [0, 0.05) is 5.56 Å². The van der Waals surface area contributed by atoms with Gasteiger partial charge in [-0.3, -0.25) is 4.79 Å². The number of aryl methyl sites for hydroxylation is 1. The number of ether oxygens (including phenoxy) is 1. The second kappa shape index (κ2) is 14.4. The van der Waals surface area contributed by atoms with Gasteiger partial charge in [-0.05, 0) is 72.1 Å². The van der Waals surface area contributed by atoms with Crippen LogP contribution >= 0.6 is 11.8 Å². The molecule has 0 aliphatic heterocycles. The smallest absolute Gasteiger partial charge is 0.326 e. The van der Waals surface area contributed by atoms with E-state index in [1.54, 1.807) is 17.8 Å². The van der Waals surface area contributed by atoms with Gasteiger partial charge in [0.15, 0.2) is 0 Å². The number of hydrogen-bond donors (Lipinski definition) is 3. The molecule has 0 spiro atoms. The lowest BCUT2D eigenvalue weighted by molar-refractivity contribution is -0.139. The highest BCUT2D eigenvalue weighted by atomic mass is 32.2. The number of rotatable bonds is 13. The molecular weight excluding hydrogens is 474 g/mol. The Bertz CT molecular complexity index is 1000. The molecular formula is C29H39NO5S. The average Bonchev–Trinajstić information content (AvgIpc) is 2.87. The van der Waals surface area contributed by atoms with Crippen molar-refractivity contribution < 1.29 is 24.5 Å². The highest BCUT2D eigenvalue weighted by Crippen LogP contribution is 2.29. The van der Waals surface area contributed by atoms with Crippen LogP contribution in [0.2, 0.25) is 0 Å². The molecule has 1 amide bonds. The van der Waals surface area contributed by atoms with Gasteiger partial charge in [0.25, 0.3) is 5.91 Å². The predicted octanol–water partition coefficient (Wildman–Crippen LogP) is 5.45. The number of carboxylic acids is 1. The van der Waals surface area contributed by atoms with E-state index in [1.807, 2.05) is 49.6 Å². The molecule has 6 nitrogen and oxygen atoms in total. The molecule has 0 heterocycles. The third-order valence-corrected chi connectivity index (χ3v) is 7.53. The minimum Gasteiger partial charge on any atom is -0.480 e. The average molecular weight is 514 g/mol. The molecule has 7 heteroatoms. The van der Waals surface area contributed by atoms with Gasteiger partial charge in [-0.2, -0.15) is 11.8 Å². The topological polar surface area (TPSA) is 95.9 Å². The van der Waals surface area contributed by atoms with Gasteiger partial charge >= 0.3 is 5.97 Å². The van der Waals surface area contributed by atoms with Crippen molar-refractivity contribution in [1.82, 2.24) is 5.32 Å². The molecule has 0 aromatic heterocycles. The van der Waals surface area contributed by atoms with E-state index in [4.69, 9.17) is 4.74 Å². The summed E-state index contributed by atoms with van der Waals surface area (Å²) in [6.07, 6.45) is 8.78. The Kier molecular flexibility index (Phi) is 11.3. The Hall–Kier alpha value is -2.35. The number of thioether (sulfide) groups is 1. The van der Waals surface area contributed by atoms with Crippen LogP contribution in [0.15, 0.2) is 42.5 Å². The van der Waals surface area contributed by atoms with Crippen molar-refractivity contribution in [2.24, 2.45) is 5.92 Å². The molecule has 1 aliphatic rings. The second-order valence-corrected chi connectivity index (χ2v) is 10.7. The lowest BCUT2D eigenvalue weighted by Crippen LogP contribution is -2.41. The number of carboxylic acid groups (broad SMARTS) is 1. The number of carbonyl (C=O) groups excluding carboxylic acids is 1. The number of aliphatic carboxylic acids is 1. The number of aliphatic hydroxyl groups is 1. The van der Waals surface area contributed by atoms with Gasteiger partial charge in [0.1, 0.15) is 6.04 Å². The van der Waals surface area contributed by atoms with Crippen molar-refractivity contribution in [3.63, 3.8) is 0 Å². The van der Waals surface area contributed by atoms with E-state index in [0.717, 1.165) is 28.7 Å². The van der Waals surface area contributed by atoms with Crippen LogP contribution in [0.3, 0.4) is 0 Å². The Morgan fingerprint density at radius 2 is 1.86 bits per heavy atom. The number of benzene rings is 2. The molecule has 2 aromatic carbocycles. The summed E-state index contributed by atoms with van der Waals surface area (Å²) in [5.41, 5.74) is 4.00. The first-order valence-electron chi connectivity index (χ1n) is 12.9. The molecule has 196 valence electrons. The summed E-state index contributed by atoms with van der Waals surface area (Å²) in [5.74, 6) is -0.206. The fraction of sp³-hybridized carbons (Fsp3) is 0.517. The molecule has 1 fully saturated rings. The van der Waals surface area contributed by atoms with Crippen LogP contribution in [-0.2, 0) is 16.1 Å². The molecule has 36 heavy (non-hydrogen) atoms. The Balaban J connectivity index is 1.73. The van der Waals surface area contributed by atoms with Crippen LogP contribution in [0.4, 0.5) is 0 Å². The van der Waals surface area contributed by atoms with Crippen LogP contribution in [0.1, 0.15) is 66.4 Å². The van der Waals surface area contributed by atoms with E-state index in [2.05, 4.69) is 5.32 Å². The third kappa shape index (κ3) is 8.36. The third-order valence-electron chi connectivity index (χ3n) is 6.89.